The van der Waals surface area contributed by atoms with E-state index >= 15 is 0 Å². The molecule has 1 heterocycles. The van der Waals surface area contributed by atoms with Gasteiger partial charge in [0.25, 0.3) is 0 Å². The van der Waals surface area contributed by atoms with Crippen LogP contribution in [0.5, 0.6) is 0 Å². The molecule has 1 atom stereocenters. The van der Waals surface area contributed by atoms with Crippen molar-refractivity contribution in [1.29, 1.82) is 0 Å². The molecule has 1 N–H and O–H groups in total. The van der Waals surface area contributed by atoms with E-state index in [4.69, 9.17) is 9.84 Å². The number of carboxylic acids is 1. The second kappa shape index (κ2) is 9.35. The van der Waals surface area contributed by atoms with Crippen LogP contribution in [0.2, 0.25) is 0 Å². The molecule has 0 amide bonds. The van der Waals surface area contributed by atoms with Crippen LogP contribution in [-0.4, -0.2) is 98.4 Å². The second-order valence-electron chi connectivity index (χ2n) is 6.58. The van der Waals surface area contributed by atoms with Crippen molar-refractivity contribution in [1.82, 2.24) is 14.7 Å². The molecule has 0 aromatic heterocycles. The lowest BCUT2D eigenvalue weighted by Crippen LogP contribution is -2.50. The molecule has 0 bridgehead atoms. The average molecular weight is 301 g/mol. The summed E-state index contributed by atoms with van der Waals surface area (Å²) in [5.41, 5.74) is 0. The van der Waals surface area contributed by atoms with Crippen LogP contribution in [-0.2, 0) is 9.53 Å². The Morgan fingerprint density at radius 1 is 1.38 bits per heavy atom. The summed E-state index contributed by atoms with van der Waals surface area (Å²) < 4.78 is 5.82. The van der Waals surface area contributed by atoms with E-state index in [2.05, 4.69) is 23.6 Å². The number of carbonyl (C=O) groups is 1. The van der Waals surface area contributed by atoms with Crippen molar-refractivity contribution in [3.8, 4) is 0 Å². The highest BCUT2D eigenvalue weighted by molar-refractivity contribution is 5.69. The van der Waals surface area contributed by atoms with Gasteiger partial charge in [0, 0.05) is 39.3 Å². The molecule has 1 aliphatic rings. The Morgan fingerprint density at radius 3 is 2.67 bits per heavy atom. The lowest BCUT2D eigenvalue weighted by Gasteiger charge is -2.36. The quantitative estimate of drug-likeness (QED) is 0.661. The van der Waals surface area contributed by atoms with Gasteiger partial charge in [-0.05, 0) is 20.0 Å². The maximum atomic E-state index is 11.0. The number of rotatable bonds is 9. The summed E-state index contributed by atoms with van der Waals surface area (Å²) in [6, 6.07) is 0. The summed E-state index contributed by atoms with van der Waals surface area (Å²) in [5.74, 6) is -0.129. The van der Waals surface area contributed by atoms with Crippen LogP contribution in [0.3, 0.4) is 0 Å². The predicted octanol–water partition coefficient (Wildman–Crippen LogP) is 0.291. The first kappa shape index (κ1) is 18.4. The van der Waals surface area contributed by atoms with Crippen LogP contribution in [0.15, 0.2) is 0 Å². The number of aliphatic carboxylic acids is 1. The van der Waals surface area contributed by atoms with Gasteiger partial charge in [0.1, 0.15) is 0 Å². The minimum absolute atomic E-state index is 0.0812. The van der Waals surface area contributed by atoms with Gasteiger partial charge in [-0.25, -0.2) is 0 Å². The first-order chi connectivity index (χ1) is 9.86. The van der Waals surface area contributed by atoms with Crippen LogP contribution < -0.4 is 0 Å². The molecule has 0 aromatic rings. The third kappa shape index (κ3) is 8.36. The van der Waals surface area contributed by atoms with E-state index < -0.39 is 5.97 Å². The highest BCUT2D eigenvalue weighted by Gasteiger charge is 2.23. The minimum Gasteiger partial charge on any atom is -0.480 e. The van der Waals surface area contributed by atoms with E-state index in [1.54, 1.807) is 0 Å². The predicted molar refractivity (Wildman–Crippen MR) is 83.6 cm³/mol. The van der Waals surface area contributed by atoms with E-state index in [1.165, 1.54) is 0 Å². The number of likely N-dealkylation sites (N-methyl/N-ethyl adjacent to an activating group) is 1. The molecule has 1 saturated heterocycles. The van der Waals surface area contributed by atoms with Crippen molar-refractivity contribution < 1.29 is 14.6 Å². The number of hydrogen-bond acceptors (Lipinski definition) is 5. The highest BCUT2D eigenvalue weighted by atomic mass is 16.5. The summed E-state index contributed by atoms with van der Waals surface area (Å²) in [6.45, 7) is 10.5. The maximum Gasteiger partial charge on any atom is 0.317 e. The molecule has 1 rings (SSSR count). The largest absolute Gasteiger partial charge is 0.480 e. The molecule has 1 aliphatic heterocycles. The van der Waals surface area contributed by atoms with Gasteiger partial charge in [-0.2, -0.15) is 0 Å². The van der Waals surface area contributed by atoms with Gasteiger partial charge in [-0.3, -0.25) is 14.6 Å². The monoisotopic (exact) mass is 301 g/mol. The van der Waals surface area contributed by atoms with Crippen molar-refractivity contribution in [2.75, 3.05) is 66.5 Å². The zero-order valence-electron chi connectivity index (χ0n) is 13.9. The minimum atomic E-state index is -0.774. The molecule has 0 saturated carbocycles. The van der Waals surface area contributed by atoms with Crippen LogP contribution in [0, 0.1) is 5.92 Å². The highest BCUT2D eigenvalue weighted by Crippen LogP contribution is 2.09. The first-order valence-electron chi connectivity index (χ1n) is 7.79. The van der Waals surface area contributed by atoms with Crippen molar-refractivity contribution in [3.05, 3.63) is 0 Å². The van der Waals surface area contributed by atoms with Crippen LogP contribution in [0.4, 0.5) is 0 Å². The van der Waals surface area contributed by atoms with Crippen LogP contribution in [0.25, 0.3) is 0 Å². The molecule has 6 heteroatoms. The zero-order valence-corrected chi connectivity index (χ0v) is 13.9. The fraction of sp³-hybridized carbons (Fsp3) is 0.933. The standard InChI is InChI=1S/C15H31N3O3/c1-13(2)9-18-7-8-21-14(11-18)10-17(12-15(19)20)6-5-16(3)4/h13-14H,5-12H2,1-4H3,(H,19,20). The van der Waals surface area contributed by atoms with Crippen molar-refractivity contribution in [3.63, 3.8) is 0 Å². The fourth-order valence-corrected chi connectivity index (χ4v) is 2.63. The van der Waals surface area contributed by atoms with E-state index in [-0.39, 0.29) is 12.6 Å². The van der Waals surface area contributed by atoms with Crippen molar-refractivity contribution in [2.24, 2.45) is 5.92 Å². The molecular weight excluding hydrogens is 270 g/mol. The Labute approximate surface area is 128 Å². The average Bonchev–Trinajstić information content (AvgIpc) is 2.35. The van der Waals surface area contributed by atoms with Gasteiger partial charge in [0.2, 0.25) is 0 Å². The molecule has 21 heavy (non-hydrogen) atoms. The number of carboxylic acid groups (broad SMARTS) is 1. The number of hydrogen-bond donors (Lipinski definition) is 1. The van der Waals surface area contributed by atoms with Crippen molar-refractivity contribution in [2.45, 2.75) is 20.0 Å². The zero-order chi connectivity index (χ0) is 15.8. The molecule has 6 nitrogen and oxygen atoms in total. The lowest BCUT2D eigenvalue weighted by molar-refractivity contribution is -0.139. The summed E-state index contributed by atoms with van der Waals surface area (Å²) >= 11 is 0. The van der Waals surface area contributed by atoms with Gasteiger partial charge in [-0.1, -0.05) is 13.8 Å². The third-order valence-electron chi connectivity index (χ3n) is 3.53. The molecule has 1 fully saturated rings. The van der Waals surface area contributed by atoms with Gasteiger partial charge in [-0.15, -0.1) is 0 Å². The molecule has 0 radical (unpaired) electrons. The molecule has 0 aliphatic carbocycles. The van der Waals surface area contributed by atoms with E-state index in [0.29, 0.717) is 12.5 Å². The number of morpholine rings is 1. The van der Waals surface area contributed by atoms with Crippen molar-refractivity contribution >= 4 is 5.97 Å². The Hall–Kier alpha value is -0.690. The molecule has 0 aromatic carbocycles. The number of nitrogens with zero attached hydrogens (tertiary/aromatic N) is 3. The van der Waals surface area contributed by atoms with E-state index in [9.17, 15) is 4.79 Å². The Kier molecular flexibility index (Phi) is 8.18. The normalized spacial score (nSPS) is 20.6. The molecule has 124 valence electrons. The first-order valence-corrected chi connectivity index (χ1v) is 7.79. The summed E-state index contributed by atoms with van der Waals surface area (Å²) in [4.78, 5) is 17.5. The SMILES string of the molecule is CC(C)CN1CCOC(CN(CCN(C)C)CC(=O)O)C1. The maximum absolute atomic E-state index is 11.0. The third-order valence-corrected chi connectivity index (χ3v) is 3.53. The Bertz CT molecular complexity index is 311. The summed E-state index contributed by atoms with van der Waals surface area (Å²) in [7, 11) is 4.00. The fourth-order valence-electron chi connectivity index (χ4n) is 2.63. The molecule has 0 spiro atoms. The van der Waals surface area contributed by atoms with Crippen LogP contribution >= 0.6 is 0 Å². The van der Waals surface area contributed by atoms with E-state index in [1.807, 2.05) is 19.0 Å². The van der Waals surface area contributed by atoms with E-state index in [0.717, 1.165) is 39.3 Å². The number of ether oxygens (including phenoxy) is 1. The Morgan fingerprint density at radius 2 is 2.10 bits per heavy atom. The van der Waals surface area contributed by atoms with Gasteiger partial charge < -0.3 is 14.7 Å². The topological polar surface area (TPSA) is 56.2 Å². The summed E-state index contributed by atoms with van der Waals surface area (Å²) in [5, 5.41) is 9.04. The smallest absolute Gasteiger partial charge is 0.317 e. The molecule has 1 unspecified atom stereocenters. The van der Waals surface area contributed by atoms with Gasteiger partial charge in [0.15, 0.2) is 0 Å². The summed E-state index contributed by atoms with van der Waals surface area (Å²) in [6.07, 6.45) is 0.110. The Balaban J connectivity index is 2.46. The lowest BCUT2D eigenvalue weighted by atomic mass is 10.1. The molecular formula is C15H31N3O3. The van der Waals surface area contributed by atoms with Gasteiger partial charge >= 0.3 is 5.97 Å². The second-order valence-corrected chi connectivity index (χ2v) is 6.58. The van der Waals surface area contributed by atoms with Gasteiger partial charge in [0.05, 0.1) is 19.3 Å². The van der Waals surface area contributed by atoms with Crippen LogP contribution in [0.1, 0.15) is 13.8 Å².